The molecule has 3 amide bonds. The Balaban J connectivity index is 2.31. The largest absolute Gasteiger partial charge is 0.481 e. The molecule has 1 aromatic carbocycles. The van der Waals surface area contributed by atoms with Gasteiger partial charge in [-0.3, -0.25) is 19.2 Å². The second kappa shape index (κ2) is 12.9. The van der Waals surface area contributed by atoms with Crippen molar-refractivity contribution in [3.63, 3.8) is 0 Å². The number of carbonyl (C=O) groups is 5. The molecule has 5 unspecified atom stereocenters. The zero-order valence-electron chi connectivity index (χ0n) is 19.3. The van der Waals surface area contributed by atoms with Gasteiger partial charge in [-0.25, -0.2) is 4.79 Å². The summed E-state index contributed by atoms with van der Waals surface area (Å²) < 4.78 is 0. The monoisotopic (exact) mass is 523 g/mol. The highest BCUT2D eigenvalue weighted by atomic mass is 32.1. The Labute approximate surface area is 211 Å². The molecule has 196 valence electrons. The van der Waals surface area contributed by atoms with Crippen LogP contribution in [0, 0.1) is 0 Å². The van der Waals surface area contributed by atoms with Gasteiger partial charge in [0.15, 0.2) is 0 Å². The van der Waals surface area contributed by atoms with Gasteiger partial charge >= 0.3 is 11.9 Å². The second-order valence-electron chi connectivity index (χ2n) is 8.13. The van der Waals surface area contributed by atoms with Crippen LogP contribution in [0.2, 0.25) is 0 Å². The molecule has 0 aliphatic carbocycles. The van der Waals surface area contributed by atoms with Crippen molar-refractivity contribution in [2.45, 2.75) is 50.0 Å². The number of H-pyrrole nitrogens is 1. The number of rotatable bonds is 13. The number of aliphatic hydroxyl groups excluding tert-OH is 1. The molecule has 1 heterocycles. The molecule has 0 bridgehead atoms. The number of amides is 3. The smallest absolute Gasteiger partial charge is 0.327 e. The minimum atomic E-state index is -1.65. The van der Waals surface area contributed by atoms with E-state index in [0.29, 0.717) is 5.56 Å². The van der Waals surface area contributed by atoms with Crippen molar-refractivity contribution in [1.29, 1.82) is 0 Å². The van der Waals surface area contributed by atoms with Crippen molar-refractivity contribution in [2.75, 3.05) is 5.75 Å². The maximum atomic E-state index is 13.2. The third-order valence-electron chi connectivity index (χ3n) is 5.36. The summed E-state index contributed by atoms with van der Waals surface area (Å²) in [5, 5.41) is 35.6. The lowest BCUT2D eigenvalue weighted by Gasteiger charge is -2.25. The number of fused-ring (bicyclic) bond motifs is 1. The van der Waals surface area contributed by atoms with E-state index < -0.39 is 66.4 Å². The number of hydrogen-bond acceptors (Lipinski definition) is 8. The van der Waals surface area contributed by atoms with E-state index in [1.54, 1.807) is 24.4 Å². The first-order chi connectivity index (χ1) is 16.9. The Morgan fingerprint density at radius 3 is 2.14 bits per heavy atom. The summed E-state index contributed by atoms with van der Waals surface area (Å²) in [5.74, 6) is -5.90. The zero-order valence-corrected chi connectivity index (χ0v) is 20.2. The van der Waals surface area contributed by atoms with Crippen molar-refractivity contribution in [3.8, 4) is 0 Å². The fourth-order valence-corrected chi connectivity index (χ4v) is 3.58. The highest BCUT2D eigenvalue weighted by Crippen LogP contribution is 2.19. The lowest BCUT2D eigenvalue weighted by atomic mass is 10.0. The van der Waals surface area contributed by atoms with Crippen molar-refractivity contribution in [2.24, 2.45) is 5.73 Å². The van der Waals surface area contributed by atoms with Gasteiger partial charge in [-0.15, -0.1) is 0 Å². The second-order valence-corrected chi connectivity index (χ2v) is 8.50. The average molecular weight is 524 g/mol. The number of carboxylic acid groups (broad SMARTS) is 2. The van der Waals surface area contributed by atoms with Gasteiger partial charge in [0.05, 0.1) is 12.5 Å². The third kappa shape index (κ3) is 7.69. The average Bonchev–Trinajstić information content (AvgIpc) is 3.23. The number of aromatic amines is 1. The number of aromatic nitrogens is 1. The first kappa shape index (κ1) is 28.6. The molecular weight excluding hydrogens is 494 g/mol. The molecule has 0 saturated heterocycles. The van der Waals surface area contributed by atoms with Crippen molar-refractivity contribution >= 4 is 53.2 Å². The van der Waals surface area contributed by atoms with Gasteiger partial charge < -0.3 is 42.0 Å². The number of thiol groups is 1. The lowest BCUT2D eigenvalue weighted by Crippen LogP contribution is -2.59. The van der Waals surface area contributed by atoms with E-state index >= 15 is 0 Å². The molecule has 2 rings (SSSR count). The van der Waals surface area contributed by atoms with E-state index in [9.17, 15) is 34.2 Å². The highest BCUT2D eigenvalue weighted by Gasteiger charge is 2.32. The molecule has 0 radical (unpaired) electrons. The fourth-order valence-electron chi connectivity index (χ4n) is 3.33. The van der Waals surface area contributed by atoms with Crippen LogP contribution >= 0.6 is 12.6 Å². The minimum absolute atomic E-state index is 0.0656. The van der Waals surface area contributed by atoms with E-state index in [1.165, 1.54) is 6.92 Å². The Hall–Kier alpha value is -3.62. The molecule has 2 aromatic rings. The Kier molecular flexibility index (Phi) is 10.3. The summed E-state index contributed by atoms with van der Waals surface area (Å²) in [7, 11) is 0. The molecule has 0 spiro atoms. The predicted molar refractivity (Wildman–Crippen MR) is 131 cm³/mol. The standard InChI is InChI=1S/C22H29N5O8S/c1-10(28)18(23)21(33)26-14(6-11-8-24-13-5-3-2-4-12(11)13)19(31)25-15(7-17(29)30)20(32)27-16(9-36)22(34)35/h2-5,8,10,14-16,18,24,28,36H,6-7,9,23H2,1H3,(H,25,31)(H,26,33)(H,27,32)(H,29,30)(H,34,35). The summed E-state index contributed by atoms with van der Waals surface area (Å²) in [6.45, 7) is 1.30. The summed E-state index contributed by atoms with van der Waals surface area (Å²) >= 11 is 3.84. The Morgan fingerprint density at radius 1 is 0.972 bits per heavy atom. The van der Waals surface area contributed by atoms with Gasteiger partial charge in [-0.05, 0) is 18.6 Å². The van der Waals surface area contributed by atoms with Gasteiger partial charge in [0.1, 0.15) is 24.2 Å². The van der Waals surface area contributed by atoms with E-state index in [-0.39, 0.29) is 12.2 Å². The van der Waals surface area contributed by atoms with Gasteiger partial charge in [0, 0.05) is 29.3 Å². The molecule has 0 saturated carbocycles. The number of para-hydroxylation sites is 1. The van der Waals surface area contributed by atoms with Gasteiger partial charge in [-0.1, -0.05) is 18.2 Å². The SMILES string of the molecule is CC(O)C(N)C(=O)NC(Cc1c[nH]c2ccccc12)C(=O)NC(CC(=O)O)C(=O)NC(CS)C(=O)O. The Bertz CT molecular complexity index is 1120. The van der Waals surface area contributed by atoms with Gasteiger partial charge in [-0.2, -0.15) is 12.6 Å². The van der Waals surface area contributed by atoms with Crippen molar-refractivity contribution < 1.29 is 39.3 Å². The van der Waals surface area contributed by atoms with E-state index in [4.69, 9.17) is 10.8 Å². The molecule has 0 aliphatic heterocycles. The maximum absolute atomic E-state index is 13.2. The Morgan fingerprint density at radius 2 is 1.56 bits per heavy atom. The number of nitrogens with two attached hydrogens (primary N) is 1. The number of nitrogens with one attached hydrogen (secondary N) is 4. The first-order valence-corrected chi connectivity index (χ1v) is 11.5. The number of aliphatic carboxylic acids is 2. The molecule has 14 heteroatoms. The van der Waals surface area contributed by atoms with Gasteiger partial charge in [0.2, 0.25) is 17.7 Å². The van der Waals surface area contributed by atoms with Crippen LogP contribution in [-0.2, 0) is 30.4 Å². The van der Waals surface area contributed by atoms with E-state index in [1.807, 2.05) is 6.07 Å². The molecular formula is C22H29N5O8S. The predicted octanol–water partition coefficient (Wildman–Crippen LogP) is -1.64. The number of carbonyl (C=O) groups excluding carboxylic acids is 3. The molecule has 9 N–H and O–H groups in total. The zero-order chi connectivity index (χ0) is 27.0. The molecule has 0 aliphatic rings. The number of hydrogen-bond donors (Lipinski definition) is 9. The third-order valence-corrected chi connectivity index (χ3v) is 5.73. The van der Waals surface area contributed by atoms with Crippen LogP contribution in [-0.4, -0.2) is 86.0 Å². The summed E-state index contributed by atoms with van der Waals surface area (Å²) in [6, 6.07) is 1.46. The topological polar surface area (TPSA) is 224 Å². The van der Waals surface area contributed by atoms with Crippen LogP contribution in [0.3, 0.4) is 0 Å². The normalized spacial score (nSPS) is 15.2. The molecule has 0 fully saturated rings. The highest BCUT2D eigenvalue weighted by molar-refractivity contribution is 7.80. The van der Waals surface area contributed by atoms with Crippen LogP contribution < -0.4 is 21.7 Å². The van der Waals surface area contributed by atoms with E-state index in [2.05, 4.69) is 33.6 Å². The van der Waals surface area contributed by atoms with Crippen LogP contribution in [0.5, 0.6) is 0 Å². The number of benzene rings is 1. The van der Waals surface area contributed by atoms with Crippen LogP contribution in [0.1, 0.15) is 18.9 Å². The van der Waals surface area contributed by atoms with Crippen molar-refractivity contribution in [1.82, 2.24) is 20.9 Å². The molecule has 36 heavy (non-hydrogen) atoms. The fraction of sp³-hybridized carbons (Fsp3) is 0.409. The molecule has 13 nitrogen and oxygen atoms in total. The first-order valence-electron chi connectivity index (χ1n) is 10.9. The minimum Gasteiger partial charge on any atom is -0.481 e. The maximum Gasteiger partial charge on any atom is 0.327 e. The number of aliphatic hydroxyl groups is 1. The van der Waals surface area contributed by atoms with E-state index in [0.717, 1.165) is 10.9 Å². The summed E-state index contributed by atoms with van der Waals surface area (Å²) in [4.78, 5) is 63.9. The van der Waals surface area contributed by atoms with Gasteiger partial charge in [0.25, 0.3) is 0 Å². The van der Waals surface area contributed by atoms with Crippen LogP contribution in [0.15, 0.2) is 30.5 Å². The summed E-state index contributed by atoms with van der Waals surface area (Å²) in [5.41, 5.74) is 7.09. The molecule has 5 atom stereocenters. The summed E-state index contributed by atoms with van der Waals surface area (Å²) in [6.07, 6.45) is -0.500. The quantitative estimate of drug-likeness (QED) is 0.137. The van der Waals surface area contributed by atoms with Crippen molar-refractivity contribution in [3.05, 3.63) is 36.0 Å². The lowest BCUT2D eigenvalue weighted by molar-refractivity contribution is -0.143. The molecule has 1 aromatic heterocycles. The number of carboxylic acids is 2. The van der Waals surface area contributed by atoms with Crippen LogP contribution in [0.25, 0.3) is 10.9 Å². The van der Waals surface area contributed by atoms with Crippen LogP contribution in [0.4, 0.5) is 0 Å².